The summed E-state index contributed by atoms with van der Waals surface area (Å²) in [7, 11) is 1.52. The Morgan fingerprint density at radius 2 is 1.94 bits per heavy atom. The maximum absolute atomic E-state index is 11.5. The predicted octanol–water partition coefficient (Wildman–Crippen LogP) is 0.0818. The number of nitrogens with one attached hydrogen (secondary N) is 1. The van der Waals surface area contributed by atoms with E-state index in [1.807, 2.05) is 6.92 Å². The molecule has 17 heavy (non-hydrogen) atoms. The summed E-state index contributed by atoms with van der Waals surface area (Å²) in [6.07, 6.45) is 1.12. The quantitative estimate of drug-likeness (QED) is 0.664. The van der Waals surface area contributed by atoms with Crippen molar-refractivity contribution in [2.75, 3.05) is 20.1 Å². The van der Waals surface area contributed by atoms with Gasteiger partial charge < -0.3 is 15.3 Å². The Balaban J connectivity index is 3.97. The van der Waals surface area contributed by atoms with Gasteiger partial charge >= 0.3 is 5.97 Å². The molecule has 2 amide bonds. The molecule has 0 aromatic rings. The zero-order chi connectivity index (χ0) is 13.4. The number of carbonyl (C=O) groups excluding carboxylic acids is 2. The van der Waals surface area contributed by atoms with Crippen molar-refractivity contribution in [3.05, 3.63) is 0 Å². The zero-order valence-electron chi connectivity index (χ0n) is 10.5. The van der Waals surface area contributed by atoms with E-state index < -0.39 is 11.9 Å². The first kappa shape index (κ1) is 15.4. The molecule has 0 saturated heterocycles. The van der Waals surface area contributed by atoms with Gasteiger partial charge in [0.2, 0.25) is 11.8 Å². The van der Waals surface area contributed by atoms with Crippen LogP contribution in [0.1, 0.15) is 26.7 Å². The summed E-state index contributed by atoms with van der Waals surface area (Å²) in [4.78, 5) is 34.6. The lowest BCUT2D eigenvalue weighted by atomic mass is 10.2. The van der Waals surface area contributed by atoms with Crippen molar-refractivity contribution in [1.29, 1.82) is 0 Å². The minimum Gasteiger partial charge on any atom is -0.481 e. The van der Waals surface area contributed by atoms with Crippen molar-refractivity contribution >= 4 is 17.8 Å². The summed E-state index contributed by atoms with van der Waals surface area (Å²) in [6.45, 7) is 3.46. The van der Waals surface area contributed by atoms with E-state index in [-0.39, 0.29) is 24.9 Å². The van der Waals surface area contributed by atoms with Crippen LogP contribution in [0.15, 0.2) is 0 Å². The molecule has 6 nitrogen and oxygen atoms in total. The van der Waals surface area contributed by atoms with Gasteiger partial charge in [-0.05, 0) is 6.42 Å². The molecule has 0 saturated carbocycles. The van der Waals surface area contributed by atoms with Crippen LogP contribution in [0.2, 0.25) is 0 Å². The monoisotopic (exact) mass is 244 g/mol. The number of carboxylic acid groups (broad SMARTS) is 1. The molecule has 0 radical (unpaired) electrons. The smallest absolute Gasteiger partial charge is 0.308 e. The molecule has 2 N–H and O–H groups in total. The number of rotatable bonds is 7. The number of hydrogen-bond donors (Lipinski definition) is 2. The molecule has 1 unspecified atom stereocenters. The SMILES string of the molecule is CCCC(=O)NCC(=O)N(C)CC(C)C(=O)O. The largest absolute Gasteiger partial charge is 0.481 e. The van der Waals surface area contributed by atoms with Crippen molar-refractivity contribution in [2.45, 2.75) is 26.7 Å². The molecule has 0 aliphatic carbocycles. The Hall–Kier alpha value is -1.59. The minimum absolute atomic E-state index is 0.0817. The fourth-order valence-corrected chi connectivity index (χ4v) is 1.22. The second-order valence-corrected chi connectivity index (χ2v) is 4.04. The lowest BCUT2D eigenvalue weighted by Crippen LogP contribution is -2.40. The first-order valence-electron chi connectivity index (χ1n) is 5.62. The molecule has 0 aliphatic heterocycles. The Kier molecular flexibility index (Phi) is 6.93. The average Bonchev–Trinajstić information content (AvgIpc) is 2.25. The zero-order valence-corrected chi connectivity index (χ0v) is 10.5. The van der Waals surface area contributed by atoms with Crippen LogP contribution in [-0.4, -0.2) is 47.9 Å². The maximum Gasteiger partial charge on any atom is 0.308 e. The fraction of sp³-hybridized carbons (Fsp3) is 0.727. The normalized spacial score (nSPS) is 11.7. The van der Waals surface area contributed by atoms with Crippen molar-refractivity contribution in [2.24, 2.45) is 5.92 Å². The molecule has 0 aromatic heterocycles. The van der Waals surface area contributed by atoms with E-state index in [1.165, 1.54) is 18.9 Å². The van der Waals surface area contributed by atoms with Crippen LogP contribution in [0.4, 0.5) is 0 Å². The Bertz CT molecular complexity index is 291. The van der Waals surface area contributed by atoms with E-state index in [0.717, 1.165) is 6.42 Å². The second kappa shape index (κ2) is 7.65. The third kappa shape index (κ3) is 6.55. The van der Waals surface area contributed by atoms with E-state index in [4.69, 9.17) is 5.11 Å². The number of carboxylic acids is 1. The number of aliphatic carboxylic acids is 1. The van der Waals surface area contributed by atoms with Crippen molar-refractivity contribution in [3.8, 4) is 0 Å². The van der Waals surface area contributed by atoms with Gasteiger partial charge in [0.1, 0.15) is 0 Å². The van der Waals surface area contributed by atoms with Crippen molar-refractivity contribution < 1.29 is 19.5 Å². The minimum atomic E-state index is -0.945. The molecule has 0 heterocycles. The van der Waals surface area contributed by atoms with Gasteiger partial charge in [0.25, 0.3) is 0 Å². The summed E-state index contributed by atoms with van der Waals surface area (Å²) < 4.78 is 0. The van der Waals surface area contributed by atoms with Crippen LogP contribution in [0, 0.1) is 5.92 Å². The van der Waals surface area contributed by atoms with Gasteiger partial charge in [-0.1, -0.05) is 13.8 Å². The van der Waals surface area contributed by atoms with Crippen molar-refractivity contribution in [1.82, 2.24) is 10.2 Å². The van der Waals surface area contributed by atoms with E-state index in [2.05, 4.69) is 5.32 Å². The lowest BCUT2D eigenvalue weighted by molar-refractivity contribution is -0.142. The summed E-state index contributed by atoms with van der Waals surface area (Å²) in [6, 6.07) is 0. The molecule has 0 fully saturated rings. The topological polar surface area (TPSA) is 86.7 Å². The fourth-order valence-electron chi connectivity index (χ4n) is 1.22. The van der Waals surface area contributed by atoms with Gasteiger partial charge in [0.05, 0.1) is 12.5 Å². The number of hydrogen-bond acceptors (Lipinski definition) is 3. The number of nitrogens with zero attached hydrogens (tertiary/aromatic N) is 1. The molecule has 98 valence electrons. The Morgan fingerprint density at radius 1 is 1.35 bits per heavy atom. The molecule has 0 bridgehead atoms. The molecule has 6 heteroatoms. The highest BCUT2D eigenvalue weighted by Crippen LogP contribution is 1.98. The van der Waals surface area contributed by atoms with E-state index in [9.17, 15) is 14.4 Å². The molecule has 1 atom stereocenters. The molecular weight excluding hydrogens is 224 g/mol. The van der Waals surface area contributed by atoms with Crippen LogP contribution in [0.5, 0.6) is 0 Å². The summed E-state index contributed by atoms with van der Waals surface area (Å²) in [5.74, 6) is -2.02. The third-order valence-electron chi connectivity index (χ3n) is 2.31. The number of amides is 2. The molecule has 0 rings (SSSR count). The summed E-state index contributed by atoms with van der Waals surface area (Å²) in [5, 5.41) is 11.2. The highest BCUT2D eigenvalue weighted by molar-refractivity contribution is 5.84. The summed E-state index contributed by atoms with van der Waals surface area (Å²) in [5.41, 5.74) is 0. The first-order valence-corrected chi connectivity index (χ1v) is 5.62. The first-order chi connectivity index (χ1) is 7.88. The highest BCUT2D eigenvalue weighted by atomic mass is 16.4. The van der Waals surface area contributed by atoms with Gasteiger partial charge in [-0.15, -0.1) is 0 Å². The van der Waals surface area contributed by atoms with Gasteiger partial charge in [0.15, 0.2) is 0 Å². The lowest BCUT2D eigenvalue weighted by Gasteiger charge is -2.19. The van der Waals surface area contributed by atoms with Crippen molar-refractivity contribution in [3.63, 3.8) is 0 Å². The van der Waals surface area contributed by atoms with Crippen LogP contribution in [-0.2, 0) is 14.4 Å². The number of likely N-dealkylation sites (N-methyl/N-ethyl adjacent to an activating group) is 1. The molecule has 0 aromatic carbocycles. The number of carbonyl (C=O) groups is 3. The molecule has 0 aliphatic rings. The maximum atomic E-state index is 11.5. The van der Waals surface area contributed by atoms with E-state index in [1.54, 1.807) is 0 Å². The predicted molar refractivity (Wildman–Crippen MR) is 62.4 cm³/mol. The summed E-state index contributed by atoms with van der Waals surface area (Å²) >= 11 is 0. The standard InChI is InChI=1S/C11H20N2O4/c1-4-5-9(14)12-6-10(15)13(3)7-8(2)11(16)17/h8H,4-7H2,1-3H3,(H,12,14)(H,16,17). The average molecular weight is 244 g/mol. The van der Waals surface area contributed by atoms with Gasteiger partial charge in [-0.3, -0.25) is 14.4 Å². The van der Waals surface area contributed by atoms with E-state index in [0.29, 0.717) is 6.42 Å². The third-order valence-corrected chi connectivity index (χ3v) is 2.31. The van der Waals surface area contributed by atoms with Crippen LogP contribution in [0.3, 0.4) is 0 Å². The van der Waals surface area contributed by atoms with Gasteiger partial charge in [-0.25, -0.2) is 0 Å². The van der Waals surface area contributed by atoms with Crippen LogP contribution < -0.4 is 5.32 Å². The van der Waals surface area contributed by atoms with Crippen LogP contribution >= 0.6 is 0 Å². The van der Waals surface area contributed by atoms with Gasteiger partial charge in [0, 0.05) is 20.0 Å². The highest BCUT2D eigenvalue weighted by Gasteiger charge is 2.17. The second-order valence-electron chi connectivity index (χ2n) is 4.04. The molecular formula is C11H20N2O4. The molecule has 0 spiro atoms. The Labute approximate surface area is 101 Å². The van der Waals surface area contributed by atoms with Crippen LogP contribution in [0.25, 0.3) is 0 Å². The van der Waals surface area contributed by atoms with Gasteiger partial charge in [-0.2, -0.15) is 0 Å². The van der Waals surface area contributed by atoms with E-state index >= 15 is 0 Å². The Morgan fingerprint density at radius 3 is 2.41 bits per heavy atom.